The highest BCUT2D eigenvalue weighted by Gasteiger charge is 2.19. The summed E-state index contributed by atoms with van der Waals surface area (Å²) in [6.07, 6.45) is 0.559. The molecule has 1 unspecified atom stereocenters. The minimum Gasteiger partial charge on any atom is -0.313 e. The van der Waals surface area contributed by atoms with E-state index in [1.54, 1.807) is 19.2 Å². The topological polar surface area (TPSA) is 12.0 Å². The molecule has 0 bridgehead atoms. The van der Waals surface area contributed by atoms with E-state index in [2.05, 4.69) is 21.2 Å². The molecule has 0 aliphatic rings. The maximum absolute atomic E-state index is 14.0. The van der Waals surface area contributed by atoms with Gasteiger partial charge in [0, 0.05) is 26.1 Å². The molecule has 5 heteroatoms. The number of halogens is 4. The van der Waals surface area contributed by atoms with E-state index in [0.29, 0.717) is 22.0 Å². The molecule has 0 aliphatic heterocycles. The van der Waals surface area contributed by atoms with Crippen molar-refractivity contribution in [3.05, 3.63) is 67.9 Å². The van der Waals surface area contributed by atoms with Gasteiger partial charge in [-0.05, 0) is 43.3 Å². The molecule has 2 aromatic carbocycles. The van der Waals surface area contributed by atoms with Crippen molar-refractivity contribution < 1.29 is 4.39 Å². The summed E-state index contributed by atoms with van der Waals surface area (Å²) < 4.78 is 14.9. The molecule has 1 atom stereocenters. The highest BCUT2D eigenvalue weighted by molar-refractivity contribution is 9.10. The fourth-order valence-corrected chi connectivity index (χ4v) is 3.14. The van der Waals surface area contributed by atoms with E-state index < -0.39 is 0 Å². The molecular weight excluding hydrogens is 364 g/mol. The second-order valence-corrected chi connectivity index (χ2v) is 6.15. The van der Waals surface area contributed by atoms with Crippen LogP contribution < -0.4 is 5.32 Å². The summed E-state index contributed by atoms with van der Waals surface area (Å²) in [7, 11) is 1.78. The number of likely N-dealkylation sites (N-methyl/N-ethyl adjacent to an activating group) is 1. The highest BCUT2D eigenvalue weighted by atomic mass is 79.9. The molecule has 1 N–H and O–H groups in total. The standard InChI is InChI=1S/C15H13BrCl2FN/c1-20-14(15-11(17)3-2-4-13(15)19)7-9-5-6-10(16)8-12(9)18/h2-6,8,14,20H,7H2,1H3. The molecule has 0 aromatic heterocycles. The molecule has 20 heavy (non-hydrogen) atoms. The van der Waals surface area contributed by atoms with E-state index in [0.717, 1.165) is 10.0 Å². The molecule has 2 aromatic rings. The number of hydrogen-bond acceptors (Lipinski definition) is 1. The van der Waals surface area contributed by atoms with Crippen LogP contribution in [0.3, 0.4) is 0 Å². The predicted octanol–water partition coefficient (Wildman–Crippen LogP) is 5.40. The maximum atomic E-state index is 14.0. The van der Waals surface area contributed by atoms with Crippen molar-refractivity contribution in [3.8, 4) is 0 Å². The van der Waals surface area contributed by atoms with Crippen LogP contribution in [0.2, 0.25) is 10.0 Å². The largest absolute Gasteiger partial charge is 0.313 e. The van der Waals surface area contributed by atoms with Crippen LogP contribution in [0.5, 0.6) is 0 Å². The van der Waals surface area contributed by atoms with Gasteiger partial charge in [-0.25, -0.2) is 4.39 Å². The molecule has 0 saturated heterocycles. The lowest BCUT2D eigenvalue weighted by atomic mass is 9.98. The molecule has 0 spiro atoms. The Morgan fingerprint density at radius 1 is 1.20 bits per heavy atom. The molecule has 0 aliphatic carbocycles. The monoisotopic (exact) mass is 375 g/mol. The molecule has 0 heterocycles. The van der Waals surface area contributed by atoms with Crippen molar-refractivity contribution in [2.24, 2.45) is 0 Å². The van der Waals surface area contributed by atoms with Gasteiger partial charge in [0.15, 0.2) is 0 Å². The fraction of sp³-hybridized carbons (Fsp3) is 0.200. The van der Waals surface area contributed by atoms with Gasteiger partial charge in [0.1, 0.15) is 5.82 Å². The van der Waals surface area contributed by atoms with E-state index in [4.69, 9.17) is 23.2 Å². The van der Waals surface area contributed by atoms with Gasteiger partial charge in [-0.3, -0.25) is 0 Å². The van der Waals surface area contributed by atoms with Crippen LogP contribution in [0.25, 0.3) is 0 Å². The zero-order chi connectivity index (χ0) is 14.7. The van der Waals surface area contributed by atoms with Crippen LogP contribution in [0.15, 0.2) is 40.9 Å². The third-order valence-electron chi connectivity index (χ3n) is 3.14. The molecule has 1 nitrogen and oxygen atoms in total. The van der Waals surface area contributed by atoms with Gasteiger partial charge in [-0.15, -0.1) is 0 Å². The van der Waals surface area contributed by atoms with Crippen LogP contribution in [0, 0.1) is 5.82 Å². The average Bonchev–Trinajstić information content (AvgIpc) is 2.39. The van der Waals surface area contributed by atoms with Gasteiger partial charge in [0.05, 0.1) is 0 Å². The lowest BCUT2D eigenvalue weighted by molar-refractivity contribution is 0.534. The SMILES string of the molecule is CNC(Cc1ccc(Br)cc1Cl)c1c(F)cccc1Cl. The summed E-state index contributed by atoms with van der Waals surface area (Å²) in [6.45, 7) is 0. The van der Waals surface area contributed by atoms with Crippen molar-refractivity contribution in [1.82, 2.24) is 5.32 Å². The van der Waals surface area contributed by atoms with Crippen molar-refractivity contribution in [3.63, 3.8) is 0 Å². The van der Waals surface area contributed by atoms with Gasteiger partial charge in [-0.1, -0.05) is 51.3 Å². The first-order chi connectivity index (χ1) is 9.52. The molecule has 106 valence electrons. The van der Waals surface area contributed by atoms with Gasteiger partial charge >= 0.3 is 0 Å². The van der Waals surface area contributed by atoms with Crippen molar-refractivity contribution >= 4 is 39.1 Å². The summed E-state index contributed by atoms with van der Waals surface area (Å²) in [4.78, 5) is 0. The summed E-state index contributed by atoms with van der Waals surface area (Å²) in [5.41, 5.74) is 1.41. The van der Waals surface area contributed by atoms with Crippen molar-refractivity contribution in [1.29, 1.82) is 0 Å². The first-order valence-corrected chi connectivity index (χ1v) is 7.63. The van der Waals surface area contributed by atoms with Gasteiger partial charge in [-0.2, -0.15) is 0 Å². The van der Waals surface area contributed by atoms with E-state index in [1.165, 1.54) is 6.07 Å². The van der Waals surface area contributed by atoms with E-state index in [9.17, 15) is 4.39 Å². The Morgan fingerprint density at radius 3 is 2.55 bits per heavy atom. The van der Waals surface area contributed by atoms with Crippen LogP contribution in [0.4, 0.5) is 4.39 Å². The third kappa shape index (κ3) is 3.53. The lowest BCUT2D eigenvalue weighted by Crippen LogP contribution is -2.20. The summed E-state index contributed by atoms with van der Waals surface area (Å²) >= 11 is 15.7. The fourth-order valence-electron chi connectivity index (χ4n) is 2.10. The van der Waals surface area contributed by atoms with Gasteiger partial charge in [0.25, 0.3) is 0 Å². The quantitative estimate of drug-likeness (QED) is 0.753. The van der Waals surface area contributed by atoms with E-state index >= 15 is 0 Å². The van der Waals surface area contributed by atoms with Crippen LogP contribution in [-0.2, 0) is 6.42 Å². The van der Waals surface area contributed by atoms with Gasteiger partial charge < -0.3 is 5.32 Å². The average molecular weight is 377 g/mol. The zero-order valence-corrected chi connectivity index (χ0v) is 13.9. The number of benzene rings is 2. The second-order valence-electron chi connectivity index (χ2n) is 4.42. The Bertz CT molecular complexity index is 599. The zero-order valence-electron chi connectivity index (χ0n) is 10.8. The highest BCUT2D eigenvalue weighted by Crippen LogP contribution is 2.31. The van der Waals surface area contributed by atoms with Crippen LogP contribution >= 0.6 is 39.1 Å². The second kappa shape index (κ2) is 6.90. The van der Waals surface area contributed by atoms with Crippen LogP contribution in [-0.4, -0.2) is 7.05 Å². The summed E-state index contributed by atoms with van der Waals surface area (Å²) in [5, 5.41) is 4.16. The van der Waals surface area contributed by atoms with Crippen molar-refractivity contribution in [2.45, 2.75) is 12.5 Å². The number of nitrogens with one attached hydrogen (secondary N) is 1. The Labute approximate surface area is 136 Å². The minimum atomic E-state index is -0.315. The van der Waals surface area contributed by atoms with E-state index in [-0.39, 0.29) is 11.9 Å². The Hall–Kier alpha value is -0.610. The Morgan fingerprint density at radius 2 is 1.95 bits per heavy atom. The molecule has 0 fully saturated rings. The first-order valence-electron chi connectivity index (χ1n) is 6.08. The molecular formula is C15H13BrCl2FN. The maximum Gasteiger partial charge on any atom is 0.129 e. The van der Waals surface area contributed by atoms with Gasteiger partial charge in [0.2, 0.25) is 0 Å². The Kier molecular flexibility index (Phi) is 5.44. The smallest absolute Gasteiger partial charge is 0.129 e. The predicted molar refractivity (Wildman–Crippen MR) is 86.1 cm³/mol. The molecule has 0 radical (unpaired) electrons. The van der Waals surface area contributed by atoms with Crippen molar-refractivity contribution in [2.75, 3.05) is 7.05 Å². The first kappa shape index (κ1) is 15.8. The van der Waals surface area contributed by atoms with E-state index in [1.807, 2.05) is 18.2 Å². The molecule has 0 amide bonds. The summed E-state index contributed by atoms with van der Waals surface area (Å²) in [6, 6.07) is 10.1. The third-order valence-corrected chi connectivity index (χ3v) is 4.31. The lowest BCUT2D eigenvalue weighted by Gasteiger charge is -2.19. The number of rotatable bonds is 4. The molecule has 2 rings (SSSR count). The summed E-state index contributed by atoms with van der Waals surface area (Å²) in [5.74, 6) is -0.315. The molecule has 0 saturated carbocycles. The normalized spacial score (nSPS) is 12.4. The Balaban J connectivity index is 2.34. The number of hydrogen-bond donors (Lipinski definition) is 1. The minimum absolute atomic E-state index is 0.234. The van der Waals surface area contributed by atoms with Crippen LogP contribution in [0.1, 0.15) is 17.2 Å².